The van der Waals surface area contributed by atoms with E-state index in [0.29, 0.717) is 6.04 Å². The number of rotatable bonds is 2. The molecule has 0 aromatic heterocycles. The van der Waals surface area contributed by atoms with Crippen LogP contribution in [0, 0.1) is 17.7 Å². The Balaban J connectivity index is 1.69. The highest BCUT2D eigenvalue weighted by atomic mass is 19.1. The number of benzene rings is 1. The van der Waals surface area contributed by atoms with Gasteiger partial charge in [-0.15, -0.1) is 0 Å². The van der Waals surface area contributed by atoms with Crippen LogP contribution in [-0.4, -0.2) is 12.6 Å². The van der Waals surface area contributed by atoms with Crippen molar-refractivity contribution in [2.24, 2.45) is 11.8 Å². The quantitative estimate of drug-likeness (QED) is 0.753. The topological polar surface area (TPSA) is 12.0 Å². The fourth-order valence-corrected chi connectivity index (χ4v) is 2.55. The number of nitrogens with one attached hydrogen (secondary N) is 1. The fourth-order valence-electron chi connectivity index (χ4n) is 2.55. The van der Waals surface area contributed by atoms with Gasteiger partial charge in [0.15, 0.2) is 0 Å². The van der Waals surface area contributed by atoms with Crippen LogP contribution in [0.3, 0.4) is 0 Å². The predicted molar refractivity (Wildman–Crippen MR) is 53.5 cm³/mol. The number of fused-ring (bicyclic) bond motifs is 1. The van der Waals surface area contributed by atoms with Gasteiger partial charge in [-0.1, -0.05) is 12.1 Å². The maximum Gasteiger partial charge on any atom is 0.123 e. The van der Waals surface area contributed by atoms with Crippen molar-refractivity contribution in [1.29, 1.82) is 0 Å². The van der Waals surface area contributed by atoms with E-state index in [4.69, 9.17) is 0 Å². The Kier molecular flexibility index (Phi) is 1.84. The molecule has 1 saturated heterocycles. The molecule has 1 saturated carbocycles. The van der Waals surface area contributed by atoms with Gasteiger partial charge in [0.2, 0.25) is 0 Å². The van der Waals surface area contributed by atoms with E-state index in [1.54, 1.807) is 12.1 Å². The molecule has 0 radical (unpaired) electrons. The second kappa shape index (κ2) is 3.06. The van der Waals surface area contributed by atoms with Crippen molar-refractivity contribution in [3.05, 3.63) is 35.6 Å². The van der Waals surface area contributed by atoms with Crippen LogP contribution in [0.25, 0.3) is 0 Å². The van der Waals surface area contributed by atoms with Crippen molar-refractivity contribution >= 4 is 0 Å². The molecule has 1 aliphatic carbocycles. The summed E-state index contributed by atoms with van der Waals surface area (Å²) in [4.78, 5) is 0. The highest BCUT2D eigenvalue weighted by Gasteiger charge is 2.47. The van der Waals surface area contributed by atoms with Gasteiger partial charge in [-0.05, 0) is 48.9 Å². The smallest absolute Gasteiger partial charge is 0.123 e. The summed E-state index contributed by atoms with van der Waals surface area (Å²) < 4.78 is 12.7. The van der Waals surface area contributed by atoms with Gasteiger partial charge in [0.25, 0.3) is 0 Å². The Morgan fingerprint density at radius 2 is 2.07 bits per heavy atom. The van der Waals surface area contributed by atoms with Crippen LogP contribution in [-0.2, 0) is 6.42 Å². The molecule has 1 aliphatic heterocycles. The summed E-state index contributed by atoms with van der Waals surface area (Å²) in [6.07, 6.45) is 2.46. The molecule has 14 heavy (non-hydrogen) atoms. The molecule has 1 N–H and O–H groups in total. The molecule has 1 aromatic rings. The highest BCUT2D eigenvalue weighted by molar-refractivity contribution is 5.19. The van der Waals surface area contributed by atoms with Crippen LogP contribution < -0.4 is 5.32 Å². The molecule has 3 rings (SSSR count). The SMILES string of the molecule is Fc1ccc(C[C@H]2NC[C@@H]3C[C@@H]32)cc1. The fraction of sp³-hybridized carbons (Fsp3) is 0.500. The molecule has 3 atom stereocenters. The second-order valence-electron chi connectivity index (χ2n) is 4.50. The molecule has 0 unspecified atom stereocenters. The average molecular weight is 191 g/mol. The largest absolute Gasteiger partial charge is 0.313 e. The maximum absolute atomic E-state index is 12.7. The second-order valence-corrected chi connectivity index (χ2v) is 4.50. The molecule has 2 aliphatic rings. The molecule has 0 spiro atoms. The standard InChI is InChI=1S/C12H14FN/c13-10-3-1-8(2-4-10)5-12-11-6-9(11)7-14-12/h1-4,9,11-12,14H,5-7H2/t9-,11-,12+/m0/s1. The first-order valence-corrected chi connectivity index (χ1v) is 5.31. The number of piperidine rings is 1. The third kappa shape index (κ3) is 1.44. The van der Waals surface area contributed by atoms with Gasteiger partial charge in [-0.3, -0.25) is 0 Å². The van der Waals surface area contributed by atoms with E-state index >= 15 is 0 Å². The number of hydrogen-bond acceptors (Lipinski definition) is 1. The molecule has 1 heterocycles. The summed E-state index contributed by atoms with van der Waals surface area (Å²) in [7, 11) is 0. The van der Waals surface area contributed by atoms with E-state index in [9.17, 15) is 4.39 Å². The zero-order valence-electron chi connectivity index (χ0n) is 8.04. The molecule has 2 heteroatoms. The van der Waals surface area contributed by atoms with Gasteiger partial charge in [-0.2, -0.15) is 0 Å². The molecule has 1 nitrogen and oxygen atoms in total. The van der Waals surface area contributed by atoms with Crippen LogP contribution >= 0.6 is 0 Å². The van der Waals surface area contributed by atoms with Crippen LogP contribution in [0.5, 0.6) is 0 Å². The van der Waals surface area contributed by atoms with Gasteiger partial charge < -0.3 is 5.32 Å². The van der Waals surface area contributed by atoms with Crippen LogP contribution in [0.15, 0.2) is 24.3 Å². The first kappa shape index (κ1) is 8.42. The van der Waals surface area contributed by atoms with E-state index in [0.717, 1.165) is 18.3 Å². The van der Waals surface area contributed by atoms with Crippen molar-refractivity contribution in [1.82, 2.24) is 5.32 Å². The van der Waals surface area contributed by atoms with Crippen LogP contribution in [0.4, 0.5) is 4.39 Å². The Bertz CT molecular complexity index is 333. The normalized spacial score (nSPS) is 34.2. The number of hydrogen-bond donors (Lipinski definition) is 1. The lowest BCUT2D eigenvalue weighted by Gasteiger charge is -2.12. The van der Waals surface area contributed by atoms with E-state index < -0.39 is 0 Å². The molecule has 0 bridgehead atoms. The first-order valence-electron chi connectivity index (χ1n) is 5.31. The highest BCUT2D eigenvalue weighted by Crippen LogP contribution is 2.45. The minimum atomic E-state index is -0.141. The molecular formula is C12H14FN. The lowest BCUT2D eigenvalue weighted by molar-refractivity contribution is 0.530. The predicted octanol–water partition coefficient (Wildman–Crippen LogP) is 1.98. The minimum absolute atomic E-state index is 0.141. The summed E-state index contributed by atoms with van der Waals surface area (Å²) in [6.45, 7) is 1.19. The van der Waals surface area contributed by atoms with Crippen molar-refractivity contribution < 1.29 is 4.39 Å². The first-order chi connectivity index (χ1) is 6.83. The van der Waals surface area contributed by atoms with E-state index in [-0.39, 0.29) is 5.82 Å². The lowest BCUT2D eigenvalue weighted by atomic mass is 10.0. The Labute approximate surface area is 83.3 Å². The Morgan fingerprint density at radius 3 is 2.64 bits per heavy atom. The van der Waals surface area contributed by atoms with Gasteiger partial charge in [0, 0.05) is 6.04 Å². The Morgan fingerprint density at radius 1 is 1.29 bits per heavy atom. The maximum atomic E-state index is 12.7. The van der Waals surface area contributed by atoms with Crippen LogP contribution in [0.1, 0.15) is 12.0 Å². The van der Waals surface area contributed by atoms with Crippen LogP contribution in [0.2, 0.25) is 0 Å². The third-order valence-electron chi connectivity index (χ3n) is 3.51. The summed E-state index contributed by atoms with van der Waals surface area (Å²) in [5.41, 5.74) is 1.25. The molecule has 0 amide bonds. The number of halogens is 1. The molecule has 1 aromatic carbocycles. The van der Waals surface area contributed by atoms with Crippen molar-refractivity contribution in [3.63, 3.8) is 0 Å². The zero-order chi connectivity index (χ0) is 9.54. The van der Waals surface area contributed by atoms with Gasteiger partial charge in [0.05, 0.1) is 0 Å². The average Bonchev–Trinajstić information content (AvgIpc) is 2.88. The molecule has 74 valence electrons. The van der Waals surface area contributed by atoms with Gasteiger partial charge in [-0.25, -0.2) is 4.39 Å². The summed E-state index contributed by atoms with van der Waals surface area (Å²) in [5.74, 6) is 1.71. The minimum Gasteiger partial charge on any atom is -0.313 e. The van der Waals surface area contributed by atoms with E-state index in [1.165, 1.54) is 18.5 Å². The summed E-state index contributed by atoms with van der Waals surface area (Å²) in [6, 6.07) is 7.54. The van der Waals surface area contributed by atoms with Gasteiger partial charge in [0.1, 0.15) is 5.82 Å². The van der Waals surface area contributed by atoms with E-state index in [1.807, 2.05) is 12.1 Å². The van der Waals surface area contributed by atoms with E-state index in [2.05, 4.69) is 5.32 Å². The lowest BCUT2D eigenvalue weighted by Crippen LogP contribution is -2.28. The van der Waals surface area contributed by atoms with Crippen molar-refractivity contribution in [3.8, 4) is 0 Å². The third-order valence-corrected chi connectivity index (χ3v) is 3.51. The molecular weight excluding hydrogens is 177 g/mol. The zero-order valence-corrected chi connectivity index (χ0v) is 8.04. The monoisotopic (exact) mass is 191 g/mol. The Hall–Kier alpha value is -0.890. The van der Waals surface area contributed by atoms with Crippen molar-refractivity contribution in [2.75, 3.05) is 6.54 Å². The summed E-state index contributed by atoms with van der Waals surface area (Å²) in [5, 5.41) is 3.53. The van der Waals surface area contributed by atoms with Gasteiger partial charge >= 0.3 is 0 Å². The van der Waals surface area contributed by atoms with Crippen molar-refractivity contribution in [2.45, 2.75) is 18.9 Å². The summed E-state index contributed by atoms with van der Waals surface area (Å²) >= 11 is 0. The molecule has 2 fully saturated rings.